The molecule has 2 aliphatic heterocycles. The zero-order valence-corrected chi connectivity index (χ0v) is 24.6. The van der Waals surface area contributed by atoms with Gasteiger partial charge in [0.15, 0.2) is 0 Å². The molecule has 2 fully saturated rings. The number of hydrogen-bond acceptors (Lipinski definition) is 9. The van der Waals surface area contributed by atoms with Crippen molar-refractivity contribution in [2.75, 3.05) is 33.3 Å². The van der Waals surface area contributed by atoms with Gasteiger partial charge in [0.2, 0.25) is 5.75 Å². The van der Waals surface area contributed by atoms with Crippen molar-refractivity contribution in [2.24, 2.45) is 18.9 Å². The fourth-order valence-electron chi connectivity index (χ4n) is 5.29. The van der Waals surface area contributed by atoms with E-state index in [2.05, 4.69) is 22.2 Å². The SMILES string of the molecule is COc1nc2ccc(C(O)(c3cnnn3C)C3CN(C(=O)OC(C)(C)C)C3)cc2c(Cl)c1ON1CCC(C)CC1. The molecule has 1 N–H and O–H groups in total. The van der Waals surface area contributed by atoms with Gasteiger partial charge in [-0.1, -0.05) is 29.8 Å². The number of hydroxylamine groups is 2. The number of methoxy groups -OCH3 is 1. The van der Waals surface area contributed by atoms with Crippen LogP contribution >= 0.6 is 11.6 Å². The van der Waals surface area contributed by atoms with Gasteiger partial charge in [0, 0.05) is 44.5 Å². The van der Waals surface area contributed by atoms with Gasteiger partial charge in [-0.05, 0) is 57.2 Å². The third kappa shape index (κ3) is 5.29. The van der Waals surface area contributed by atoms with E-state index in [1.165, 1.54) is 7.11 Å². The molecule has 1 unspecified atom stereocenters. The van der Waals surface area contributed by atoms with Gasteiger partial charge in [-0.25, -0.2) is 14.5 Å². The largest absolute Gasteiger partial charge is 0.478 e. The monoisotopic (exact) mass is 572 g/mol. The quantitative estimate of drug-likeness (QED) is 0.465. The summed E-state index contributed by atoms with van der Waals surface area (Å²) in [4.78, 5) is 25.1. The van der Waals surface area contributed by atoms with Gasteiger partial charge < -0.3 is 24.3 Å². The molecule has 0 radical (unpaired) electrons. The Morgan fingerprint density at radius 2 is 1.88 bits per heavy atom. The van der Waals surface area contributed by atoms with E-state index in [9.17, 15) is 9.90 Å². The molecule has 4 heterocycles. The van der Waals surface area contributed by atoms with E-state index in [-0.39, 0.29) is 5.92 Å². The number of benzene rings is 1. The Hall–Kier alpha value is -3.15. The zero-order valence-electron chi connectivity index (χ0n) is 23.8. The molecule has 1 atom stereocenters. The molecule has 0 bridgehead atoms. The number of hydrogen-bond donors (Lipinski definition) is 1. The molecular formula is C28H37ClN6O5. The molecule has 216 valence electrons. The number of amides is 1. The highest BCUT2D eigenvalue weighted by atomic mass is 35.5. The van der Waals surface area contributed by atoms with Crippen LogP contribution < -0.4 is 9.57 Å². The molecule has 11 nitrogen and oxygen atoms in total. The first kappa shape index (κ1) is 28.4. The van der Waals surface area contributed by atoms with Crippen LogP contribution in [0.15, 0.2) is 24.4 Å². The van der Waals surface area contributed by atoms with E-state index in [1.54, 1.807) is 35.0 Å². The molecule has 12 heteroatoms. The number of halogens is 1. The van der Waals surface area contributed by atoms with Crippen molar-refractivity contribution in [2.45, 2.75) is 51.7 Å². The second kappa shape index (κ2) is 10.7. The number of likely N-dealkylation sites (tertiary alicyclic amines) is 1. The molecule has 3 aromatic rings. The molecule has 2 aromatic heterocycles. The number of rotatable bonds is 6. The zero-order chi connectivity index (χ0) is 28.8. The summed E-state index contributed by atoms with van der Waals surface area (Å²) in [7, 11) is 3.26. The maximum absolute atomic E-state index is 12.6. The Morgan fingerprint density at radius 3 is 2.48 bits per heavy atom. The number of carbonyl (C=O) groups is 1. The molecule has 0 spiro atoms. The Morgan fingerprint density at radius 1 is 1.18 bits per heavy atom. The number of fused-ring (bicyclic) bond motifs is 1. The number of nitrogens with zero attached hydrogens (tertiary/aromatic N) is 6. The van der Waals surface area contributed by atoms with E-state index in [4.69, 9.17) is 25.9 Å². The molecule has 1 aromatic carbocycles. The Bertz CT molecular complexity index is 1390. The molecule has 1 amide bonds. The number of aromatic nitrogens is 4. The smallest absolute Gasteiger partial charge is 0.410 e. The lowest BCUT2D eigenvalue weighted by Gasteiger charge is -2.47. The summed E-state index contributed by atoms with van der Waals surface area (Å²) in [6, 6.07) is 5.42. The number of ether oxygens (including phenoxy) is 2. The highest BCUT2D eigenvalue weighted by Gasteiger charge is 2.50. The maximum Gasteiger partial charge on any atom is 0.410 e. The van der Waals surface area contributed by atoms with Gasteiger partial charge >= 0.3 is 6.09 Å². The second-order valence-electron chi connectivity index (χ2n) is 11.8. The minimum Gasteiger partial charge on any atom is -0.478 e. The predicted octanol–water partition coefficient (Wildman–Crippen LogP) is 4.15. The van der Waals surface area contributed by atoms with Crippen molar-refractivity contribution < 1.29 is 24.2 Å². The van der Waals surface area contributed by atoms with E-state index >= 15 is 0 Å². The Labute approximate surface area is 238 Å². The van der Waals surface area contributed by atoms with Crippen molar-refractivity contribution in [1.29, 1.82) is 0 Å². The van der Waals surface area contributed by atoms with E-state index < -0.39 is 17.3 Å². The highest BCUT2D eigenvalue weighted by Crippen LogP contribution is 2.45. The van der Waals surface area contributed by atoms with Crippen LogP contribution in [0.4, 0.5) is 4.79 Å². The highest BCUT2D eigenvalue weighted by molar-refractivity contribution is 6.37. The minimum absolute atomic E-state index is 0.293. The fraction of sp³-hybridized carbons (Fsp3) is 0.571. The summed E-state index contributed by atoms with van der Waals surface area (Å²) in [6.07, 6.45) is 3.18. The summed E-state index contributed by atoms with van der Waals surface area (Å²) in [6.45, 7) is 9.86. The average molecular weight is 573 g/mol. The van der Waals surface area contributed by atoms with Crippen LogP contribution in [0.2, 0.25) is 5.02 Å². The van der Waals surface area contributed by atoms with Gasteiger partial charge in [0.1, 0.15) is 16.2 Å². The van der Waals surface area contributed by atoms with Gasteiger partial charge in [-0.2, -0.15) is 0 Å². The van der Waals surface area contributed by atoms with Gasteiger partial charge in [-0.3, -0.25) is 0 Å². The number of piperidine rings is 1. The average Bonchev–Trinajstić information content (AvgIpc) is 3.30. The lowest BCUT2D eigenvalue weighted by atomic mass is 9.74. The van der Waals surface area contributed by atoms with Crippen molar-refractivity contribution >= 4 is 28.6 Å². The number of carbonyl (C=O) groups excluding carboxylic acids is 1. The number of aliphatic hydroxyl groups is 1. The van der Waals surface area contributed by atoms with Gasteiger partial charge in [-0.15, -0.1) is 10.2 Å². The minimum atomic E-state index is -1.52. The van der Waals surface area contributed by atoms with Crippen LogP contribution in [0.25, 0.3) is 10.9 Å². The summed E-state index contributed by atoms with van der Waals surface area (Å²) in [5, 5.41) is 23.3. The first-order valence-electron chi connectivity index (χ1n) is 13.6. The van der Waals surface area contributed by atoms with Crippen LogP contribution in [0, 0.1) is 11.8 Å². The van der Waals surface area contributed by atoms with Crippen molar-refractivity contribution in [1.82, 2.24) is 29.9 Å². The molecule has 2 saturated heterocycles. The van der Waals surface area contributed by atoms with Crippen molar-refractivity contribution in [3.05, 3.63) is 40.7 Å². The molecule has 2 aliphatic rings. The first-order chi connectivity index (χ1) is 18.9. The van der Waals surface area contributed by atoms with Crippen LogP contribution in [0.3, 0.4) is 0 Å². The Balaban J connectivity index is 1.51. The summed E-state index contributed by atoms with van der Waals surface area (Å²) in [5.41, 5.74) is -0.458. The topological polar surface area (TPSA) is 115 Å². The van der Waals surface area contributed by atoms with E-state index in [0.717, 1.165) is 25.9 Å². The molecule has 0 aliphatic carbocycles. The normalized spacial score (nSPS) is 18.9. The summed E-state index contributed by atoms with van der Waals surface area (Å²) < 4.78 is 12.6. The van der Waals surface area contributed by atoms with E-state index in [1.807, 2.05) is 31.9 Å². The van der Waals surface area contributed by atoms with Gasteiger partial charge in [0.05, 0.1) is 24.5 Å². The number of pyridine rings is 1. The van der Waals surface area contributed by atoms with E-state index in [0.29, 0.717) is 57.8 Å². The Kier molecular flexibility index (Phi) is 7.58. The molecule has 0 saturated carbocycles. The maximum atomic E-state index is 12.6. The second-order valence-corrected chi connectivity index (χ2v) is 12.2. The third-order valence-electron chi connectivity index (χ3n) is 7.67. The lowest BCUT2D eigenvalue weighted by molar-refractivity contribution is -0.0818. The predicted molar refractivity (Wildman–Crippen MR) is 149 cm³/mol. The summed E-state index contributed by atoms with van der Waals surface area (Å²) in [5.74, 6) is 0.938. The van der Waals surface area contributed by atoms with Crippen molar-refractivity contribution in [3.63, 3.8) is 0 Å². The van der Waals surface area contributed by atoms with Crippen LogP contribution in [-0.4, -0.2) is 80.0 Å². The van der Waals surface area contributed by atoms with Crippen LogP contribution in [-0.2, 0) is 17.4 Å². The lowest BCUT2D eigenvalue weighted by Crippen LogP contribution is -2.59. The molecular weight excluding hydrogens is 536 g/mol. The summed E-state index contributed by atoms with van der Waals surface area (Å²) >= 11 is 6.95. The first-order valence-corrected chi connectivity index (χ1v) is 13.9. The molecule has 5 rings (SSSR count). The molecule has 40 heavy (non-hydrogen) atoms. The van der Waals surface area contributed by atoms with Crippen LogP contribution in [0.5, 0.6) is 11.6 Å². The van der Waals surface area contributed by atoms with Gasteiger partial charge in [0.25, 0.3) is 5.88 Å². The standard InChI is InChI=1S/C28H37ClN6O5/c1-17-9-11-35(12-10-17)40-24-23(29)20-13-18(7-8-21(20)31-25(24)38-6)28(37,22-14-30-32-33(22)5)19-15-34(16-19)26(36)39-27(2,3)4/h7-8,13-14,17,19,37H,9-12,15-16H2,1-6H3. The fourth-order valence-corrected chi connectivity index (χ4v) is 5.56. The van der Waals surface area contributed by atoms with Crippen LogP contribution in [0.1, 0.15) is 51.8 Å². The van der Waals surface area contributed by atoms with Crippen molar-refractivity contribution in [3.8, 4) is 11.6 Å². The number of aryl methyl sites for hydroxylation is 1. The third-order valence-corrected chi connectivity index (χ3v) is 8.05.